The molecule has 0 radical (unpaired) electrons. The van der Waals surface area contributed by atoms with E-state index in [1.807, 2.05) is 19.1 Å². The number of fused-ring (bicyclic) bond motifs is 1. The molecule has 0 spiro atoms. The summed E-state index contributed by atoms with van der Waals surface area (Å²) in [4.78, 5) is 35.0. The molecule has 4 aromatic heterocycles. The van der Waals surface area contributed by atoms with Crippen LogP contribution in [0, 0.1) is 6.92 Å². The van der Waals surface area contributed by atoms with Gasteiger partial charge in [0.2, 0.25) is 0 Å². The van der Waals surface area contributed by atoms with E-state index in [0.29, 0.717) is 34.2 Å². The number of hydrogen-bond acceptors (Lipinski definition) is 8. The molecular weight excluding hydrogens is 448 g/mol. The van der Waals surface area contributed by atoms with Gasteiger partial charge in [0, 0.05) is 32.1 Å². The molecule has 3 N–H and O–H groups in total. The van der Waals surface area contributed by atoms with E-state index in [9.17, 15) is 9.59 Å². The average molecular weight is 475 g/mol. The smallest absolute Gasteiger partial charge is 0.278 e. The number of methoxy groups -OCH3 is 1. The number of rotatable bonds is 7. The number of amides is 1. The summed E-state index contributed by atoms with van der Waals surface area (Å²) < 4.78 is 8.44. The SMILES string of the molecule is CNc1cc(Nc2cccn(-c3ccc(C)nc3)c2=O)nc2c(C(=O)N[C@@H]3CC[C@H]3OC)cnn12. The van der Waals surface area contributed by atoms with Crippen LogP contribution in [0.1, 0.15) is 28.9 Å². The van der Waals surface area contributed by atoms with E-state index in [1.54, 1.807) is 49.3 Å². The van der Waals surface area contributed by atoms with Gasteiger partial charge in [0.1, 0.15) is 22.9 Å². The quantitative estimate of drug-likeness (QED) is 0.372. The Morgan fingerprint density at radius 1 is 1.20 bits per heavy atom. The van der Waals surface area contributed by atoms with Gasteiger partial charge in [-0.3, -0.25) is 19.1 Å². The first-order chi connectivity index (χ1) is 17.0. The normalized spacial score (nSPS) is 17.1. The number of carbonyl (C=O) groups is 1. The standard InChI is InChI=1S/C24H26N8O3/c1-14-6-7-15(12-26-14)31-10-4-5-18(24(31)34)28-20-11-21(25-2)32-22(30-20)16(13-27-32)23(33)29-17-8-9-19(17)35-3/h4-7,10-13,17,19,25H,8-9H2,1-3H3,(H,28,30)(H,29,33)/t17-,19-/m1/s1. The molecule has 0 saturated heterocycles. The van der Waals surface area contributed by atoms with Gasteiger partial charge in [-0.05, 0) is 44.0 Å². The van der Waals surface area contributed by atoms with Crippen molar-refractivity contribution < 1.29 is 9.53 Å². The van der Waals surface area contributed by atoms with E-state index in [2.05, 4.69) is 31.0 Å². The zero-order valence-corrected chi connectivity index (χ0v) is 19.6. The summed E-state index contributed by atoms with van der Waals surface area (Å²) in [7, 11) is 3.39. The second kappa shape index (κ2) is 9.18. The number of pyridine rings is 2. The number of anilines is 3. The van der Waals surface area contributed by atoms with Gasteiger partial charge < -0.3 is 20.7 Å². The van der Waals surface area contributed by atoms with Gasteiger partial charge in [-0.1, -0.05) is 0 Å². The number of aryl methyl sites for hydroxylation is 1. The second-order valence-corrected chi connectivity index (χ2v) is 8.38. The van der Waals surface area contributed by atoms with Crippen molar-refractivity contribution in [3.8, 4) is 5.69 Å². The van der Waals surface area contributed by atoms with Crippen LogP contribution >= 0.6 is 0 Å². The predicted octanol–water partition coefficient (Wildman–Crippen LogP) is 2.28. The minimum Gasteiger partial charge on any atom is -0.379 e. The minimum atomic E-state index is -0.271. The van der Waals surface area contributed by atoms with E-state index in [4.69, 9.17) is 4.74 Å². The van der Waals surface area contributed by atoms with E-state index >= 15 is 0 Å². The summed E-state index contributed by atoms with van der Waals surface area (Å²) in [6.45, 7) is 1.89. The second-order valence-electron chi connectivity index (χ2n) is 8.38. The number of nitrogens with zero attached hydrogens (tertiary/aromatic N) is 5. The summed E-state index contributed by atoms with van der Waals surface area (Å²) in [5.74, 6) is 0.730. The topological polar surface area (TPSA) is 127 Å². The summed E-state index contributed by atoms with van der Waals surface area (Å²) in [5.41, 5.74) is 2.29. The Bertz CT molecular complexity index is 1440. The fourth-order valence-electron chi connectivity index (χ4n) is 4.06. The Morgan fingerprint density at radius 3 is 2.74 bits per heavy atom. The van der Waals surface area contributed by atoms with Crippen molar-refractivity contribution in [1.29, 1.82) is 0 Å². The molecule has 1 aliphatic rings. The molecule has 5 rings (SSSR count). The molecule has 4 aromatic rings. The first kappa shape index (κ1) is 22.5. The molecule has 180 valence electrons. The van der Waals surface area contributed by atoms with Crippen LogP contribution in [0.15, 0.2) is 53.7 Å². The lowest BCUT2D eigenvalue weighted by Crippen LogP contribution is -2.51. The van der Waals surface area contributed by atoms with Crippen LogP contribution in [0.2, 0.25) is 0 Å². The summed E-state index contributed by atoms with van der Waals surface area (Å²) in [5, 5.41) is 13.5. The molecule has 11 nitrogen and oxygen atoms in total. The molecule has 1 aliphatic carbocycles. The fourth-order valence-corrected chi connectivity index (χ4v) is 4.06. The Hall–Kier alpha value is -4.25. The molecule has 1 amide bonds. The first-order valence-electron chi connectivity index (χ1n) is 11.3. The lowest BCUT2D eigenvalue weighted by Gasteiger charge is -2.35. The van der Waals surface area contributed by atoms with Crippen molar-refractivity contribution in [1.82, 2.24) is 29.5 Å². The maximum absolute atomic E-state index is 13.2. The highest BCUT2D eigenvalue weighted by atomic mass is 16.5. The number of aromatic nitrogens is 5. The Balaban J connectivity index is 1.48. The lowest BCUT2D eigenvalue weighted by atomic mass is 9.89. The molecule has 0 aliphatic heterocycles. The molecule has 4 heterocycles. The van der Waals surface area contributed by atoms with Gasteiger partial charge in [-0.25, -0.2) is 4.98 Å². The van der Waals surface area contributed by atoms with Gasteiger partial charge in [-0.2, -0.15) is 9.61 Å². The molecule has 11 heteroatoms. The molecular formula is C24H26N8O3. The molecule has 0 unspecified atom stereocenters. The van der Waals surface area contributed by atoms with Crippen LogP contribution in [-0.2, 0) is 4.74 Å². The van der Waals surface area contributed by atoms with Crippen LogP contribution in [0.4, 0.5) is 17.3 Å². The van der Waals surface area contributed by atoms with Gasteiger partial charge in [0.05, 0.1) is 30.2 Å². The fraction of sp³-hybridized carbons (Fsp3) is 0.292. The zero-order valence-electron chi connectivity index (χ0n) is 19.6. The van der Waals surface area contributed by atoms with E-state index in [-0.39, 0.29) is 23.6 Å². The molecule has 1 saturated carbocycles. The average Bonchev–Trinajstić information content (AvgIpc) is 3.27. The van der Waals surface area contributed by atoms with Crippen LogP contribution in [0.3, 0.4) is 0 Å². The van der Waals surface area contributed by atoms with Crippen LogP contribution < -0.4 is 21.5 Å². The third kappa shape index (κ3) is 4.21. The molecule has 2 atom stereocenters. The highest BCUT2D eigenvalue weighted by Gasteiger charge is 2.33. The largest absolute Gasteiger partial charge is 0.379 e. The van der Waals surface area contributed by atoms with Crippen molar-refractivity contribution in [2.45, 2.75) is 31.9 Å². The van der Waals surface area contributed by atoms with Gasteiger partial charge in [0.15, 0.2) is 5.65 Å². The molecule has 1 fully saturated rings. The predicted molar refractivity (Wildman–Crippen MR) is 132 cm³/mol. The van der Waals surface area contributed by atoms with Crippen LogP contribution in [0.25, 0.3) is 11.3 Å². The molecule has 0 bridgehead atoms. The number of carbonyl (C=O) groups excluding carboxylic acids is 1. The van der Waals surface area contributed by atoms with E-state index in [0.717, 1.165) is 18.5 Å². The Morgan fingerprint density at radius 2 is 2.06 bits per heavy atom. The highest BCUT2D eigenvalue weighted by Crippen LogP contribution is 2.25. The van der Waals surface area contributed by atoms with Gasteiger partial charge >= 0.3 is 0 Å². The maximum Gasteiger partial charge on any atom is 0.278 e. The number of ether oxygens (including phenoxy) is 1. The monoisotopic (exact) mass is 474 g/mol. The Labute approximate surface area is 201 Å². The Kier molecular flexibility index (Phi) is 5.91. The number of hydrogen-bond donors (Lipinski definition) is 3. The number of nitrogens with one attached hydrogen (secondary N) is 3. The van der Waals surface area contributed by atoms with Gasteiger partial charge in [0.25, 0.3) is 11.5 Å². The summed E-state index contributed by atoms with van der Waals surface area (Å²) >= 11 is 0. The molecule has 0 aromatic carbocycles. The van der Waals surface area contributed by atoms with Crippen LogP contribution in [-0.4, -0.2) is 56.4 Å². The first-order valence-corrected chi connectivity index (χ1v) is 11.3. The third-order valence-electron chi connectivity index (χ3n) is 6.19. The van der Waals surface area contributed by atoms with Crippen LogP contribution in [0.5, 0.6) is 0 Å². The minimum absolute atomic E-state index is 0.0165. The van der Waals surface area contributed by atoms with Crippen molar-refractivity contribution in [2.24, 2.45) is 0 Å². The van der Waals surface area contributed by atoms with Crippen molar-refractivity contribution >= 4 is 28.9 Å². The van der Waals surface area contributed by atoms with Crippen molar-refractivity contribution in [3.63, 3.8) is 0 Å². The summed E-state index contributed by atoms with van der Waals surface area (Å²) in [6.07, 6.45) is 6.62. The lowest BCUT2D eigenvalue weighted by molar-refractivity contribution is 0.00732. The third-order valence-corrected chi connectivity index (χ3v) is 6.19. The highest BCUT2D eigenvalue weighted by molar-refractivity contribution is 6.00. The summed E-state index contributed by atoms with van der Waals surface area (Å²) in [6, 6.07) is 8.82. The van der Waals surface area contributed by atoms with E-state index < -0.39 is 0 Å². The van der Waals surface area contributed by atoms with E-state index in [1.165, 1.54) is 10.8 Å². The van der Waals surface area contributed by atoms with Crippen molar-refractivity contribution in [2.75, 3.05) is 24.8 Å². The van der Waals surface area contributed by atoms with Gasteiger partial charge in [-0.15, -0.1) is 0 Å². The zero-order chi connectivity index (χ0) is 24.5. The maximum atomic E-state index is 13.2. The van der Waals surface area contributed by atoms with Crippen molar-refractivity contribution in [3.05, 3.63) is 70.5 Å². The molecule has 35 heavy (non-hydrogen) atoms.